The van der Waals surface area contributed by atoms with E-state index in [9.17, 15) is 4.79 Å². The lowest BCUT2D eigenvalue weighted by molar-refractivity contribution is -0.189. The number of carbonyl (C=O) groups is 1. The first-order valence-corrected chi connectivity index (χ1v) is 6.24. The summed E-state index contributed by atoms with van der Waals surface area (Å²) in [6.45, 7) is 5.45. The van der Waals surface area contributed by atoms with Gasteiger partial charge >= 0.3 is 5.97 Å². The number of hydrogen-bond acceptors (Lipinski definition) is 3. The molecule has 0 spiro atoms. The van der Waals surface area contributed by atoms with Gasteiger partial charge in [0.25, 0.3) is 0 Å². The molecule has 3 heteroatoms. The maximum atomic E-state index is 11.1. The first-order valence-electron chi connectivity index (χ1n) is 6.24. The Morgan fingerprint density at radius 2 is 2.12 bits per heavy atom. The van der Waals surface area contributed by atoms with Gasteiger partial charge in [-0.1, -0.05) is 39.2 Å². The Morgan fingerprint density at radius 1 is 1.44 bits per heavy atom. The van der Waals surface area contributed by atoms with Crippen LogP contribution in [0.5, 0.6) is 0 Å². The van der Waals surface area contributed by atoms with Crippen LogP contribution >= 0.6 is 0 Å². The van der Waals surface area contributed by atoms with E-state index in [4.69, 9.17) is 9.47 Å². The second kappa shape index (κ2) is 7.44. The van der Waals surface area contributed by atoms with Crippen LogP contribution in [0, 0.1) is 0 Å². The number of rotatable bonds is 6. The Labute approximate surface area is 97.8 Å². The van der Waals surface area contributed by atoms with Crippen LogP contribution in [0.25, 0.3) is 0 Å². The topological polar surface area (TPSA) is 35.5 Å². The molecule has 0 radical (unpaired) electrons. The summed E-state index contributed by atoms with van der Waals surface area (Å²) in [6.07, 6.45) is 8.69. The third-order valence-corrected chi connectivity index (χ3v) is 2.84. The fourth-order valence-electron chi connectivity index (χ4n) is 1.98. The van der Waals surface area contributed by atoms with Crippen LogP contribution in [0.3, 0.4) is 0 Å². The molecule has 0 aromatic rings. The van der Waals surface area contributed by atoms with Gasteiger partial charge < -0.3 is 9.47 Å². The van der Waals surface area contributed by atoms with Crippen molar-refractivity contribution in [3.8, 4) is 0 Å². The van der Waals surface area contributed by atoms with Crippen molar-refractivity contribution >= 4 is 5.97 Å². The lowest BCUT2D eigenvalue weighted by Crippen LogP contribution is -2.28. The first-order chi connectivity index (χ1) is 7.76. The van der Waals surface area contributed by atoms with Crippen molar-refractivity contribution in [2.24, 2.45) is 0 Å². The smallest absolute Gasteiger partial charge is 0.332 e. The third kappa shape index (κ3) is 4.79. The minimum atomic E-state index is -0.394. The molecule has 1 atom stereocenters. The molecule has 3 nitrogen and oxygen atoms in total. The van der Waals surface area contributed by atoms with Gasteiger partial charge in [0, 0.05) is 12.5 Å². The van der Waals surface area contributed by atoms with E-state index in [-0.39, 0.29) is 6.10 Å². The molecule has 16 heavy (non-hydrogen) atoms. The highest BCUT2D eigenvalue weighted by Gasteiger charge is 2.20. The summed E-state index contributed by atoms with van der Waals surface area (Å²) in [4.78, 5) is 11.1. The maximum Gasteiger partial charge on any atom is 0.332 e. The molecule has 0 saturated heterocycles. The average Bonchev–Trinajstić information content (AvgIpc) is 2.30. The number of ether oxygens (including phenoxy) is 2. The highest BCUT2D eigenvalue weighted by molar-refractivity contribution is 5.81. The highest BCUT2D eigenvalue weighted by atomic mass is 16.7. The van der Waals surface area contributed by atoms with Gasteiger partial charge in [-0.3, -0.25) is 0 Å². The van der Waals surface area contributed by atoms with Crippen LogP contribution in [0.1, 0.15) is 51.9 Å². The highest BCUT2D eigenvalue weighted by Crippen LogP contribution is 2.22. The van der Waals surface area contributed by atoms with E-state index < -0.39 is 12.3 Å². The molecule has 1 aliphatic rings. The Balaban J connectivity index is 2.36. The predicted octanol–water partition coefficient (Wildman–Crippen LogP) is 3.19. The van der Waals surface area contributed by atoms with E-state index >= 15 is 0 Å². The lowest BCUT2D eigenvalue weighted by atomic mass is 9.98. The van der Waals surface area contributed by atoms with Crippen molar-refractivity contribution < 1.29 is 14.3 Å². The molecule has 0 aliphatic heterocycles. The zero-order chi connectivity index (χ0) is 11.8. The number of esters is 1. The molecule has 1 saturated carbocycles. The molecule has 1 rings (SSSR count). The normalized spacial score (nSPS) is 19.1. The molecule has 0 aromatic carbocycles. The molecule has 0 heterocycles. The summed E-state index contributed by atoms with van der Waals surface area (Å²) in [5, 5.41) is 0. The van der Waals surface area contributed by atoms with Gasteiger partial charge in [0.1, 0.15) is 0 Å². The molecule has 1 fully saturated rings. The van der Waals surface area contributed by atoms with Gasteiger partial charge in [0.2, 0.25) is 6.29 Å². The van der Waals surface area contributed by atoms with Crippen molar-refractivity contribution in [1.82, 2.24) is 0 Å². The van der Waals surface area contributed by atoms with Crippen molar-refractivity contribution in [2.75, 3.05) is 0 Å². The third-order valence-electron chi connectivity index (χ3n) is 2.84. The van der Waals surface area contributed by atoms with Crippen LogP contribution in [-0.4, -0.2) is 18.4 Å². The molecule has 1 unspecified atom stereocenters. The molecule has 0 N–H and O–H groups in total. The summed E-state index contributed by atoms with van der Waals surface area (Å²) in [5.74, 6) is -0.394. The van der Waals surface area contributed by atoms with Gasteiger partial charge in [-0.25, -0.2) is 4.79 Å². The fourth-order valence-corrected chi connectivity index (χ4v) is 1.98. The van der Waals surface area contributed by atoms with Crippen LogP contribution < -0.4 is 0 Å². The zero-order valence-electron chi connectivity index (χ0n) is 10.1. The average molecular weight is 226 g/mol. The molecule has 0 aromatic heterocycles. The van der Waals surface area contributed by atoms with Crippen molar-refractivity contribution in [1.29, 1.82) is 0 Å². The van der Waals surface area contributed by atoms with E-state index in [2.05, 4.69) is 13.5 Å². The maximum absolute atomic E-state index is 11.1. The Morgan fingerprint density at radius 3 is 2.69 bits per heavy atom. The van der Waals surface area contributed by atoms with Gasteiger partial charge in [-0.05, 0) is 12.8 Å². The van der Waals surface area contributed by atoms with E-state index in [0.29, 0.717) is 0 Å². The summed E-state index contributed by atoms with van der Waals surface area (Å²) in [6, 6.07) is 0. The van der Waals surface area contributed by atoms with E-state index in [1.165, 1.54) is 25.3 Å². The fraction of sp³-hybridized carbons (Fsp3) is 0.769. The van der Waals surface area contributed by atoms with Crippen LogP contribution in [0.15, 0.2) is 12.7 Å². The summed E-state index contributed by atoms with van der Waals surface area (Å²) in [5.41, 5.74) is 0. The molecule has 0 bridgehead atoms. The van der Waals surface area contributed by atoms with Crippen molar-refractivity contribution in [2.45, 2.75) is 64.3 Å². The molecular weight excluding hydrogens is 204 g/mol. The van der Waals surface area contributed by atoms with Crippen LogP contribution in [-0.2, 0) is 14.3 Å². The van der Waals surface area contributed by atoms with Crippen molar-refractivity contribution in [3.63, 3.8) is 0 Å². The Bertz CT molecular complexity index is 219. The molecule has 1 aliphatic carbocycles. The van der Waals surface area contributed by atoms with Gasteiger partial charge in [-0.15, -0.1) is 0 Å². The molecule has 92 valence electrons. The number of hydrogen-bond donors (Lipinski definition) is 0. The van der Waals surface area contributed by atoms with E-state index in [0.717, 1.165) is 25.7 Å². The molecular formula is C13H22O3. The minimum Gasteiger partial charge on any atom is -0.433 e. The number of carbonyl (C=O) groups excluding carboxylic acids is 1. The summed E-state index contributed by atoms with van der Waals surface area (Å²) >= 11 is 0. The first kappa shape index (κ1) is 13.2. The monoisotopic (exact) mass is 226 g/mol. The summed E-state index contributed by atoms with van der Waals surface area (Å²) < 4.78 is 11.0. The van der Waals surface area contributed by atoms with Gasteiger partial charge in [0.15, 0.2) is 0 Å². The predicted molar refractivity (Wildman–Crippen MR) is 62.9 cm³/mol. The second-order valence-corrected chi connectivity index (χ2v) is 4.26. The van der Waals surface area contributed by atoms with Gasteiger partial charge in [0.05, 0.1) is 6.10 Å². The standard InChI is InChI=1S/C13H22O3/c1-3-8-13(16-12(14)4-2)15-11-9-6-5-7-10-11/h4,11,13H,2-3,5-10H2,1H3. The van der Waals surface area contributed by atoms with E-state index in [1.54, 1.807) is 0 Å². The van der Waals surface area contributed by atoms with Crippen LogP contribution in [0.2, 0.25) is 0 Å². The largest absolute Gasteiger partial charge is 0.433 e. The SMILES string of the molecule is C=CC(=O)OC(CCC)OC1CCCCC1. The van der Waals surface area contributed by atoms with Crippen molar-refractivity contribution in [3.05, 3.63) is 12.7 Å². The Hall–Kier alpha value is -0.830. The zero-order valence-corrected chi connectivity index (χ0v) is 10.1. The second-order valence-electron chi connectivity index (χ2n) is 4.26. The minimum absolute atomic E-state index is 0.267. The quantitative estimate of drug-likeness (QED) is 0.396. The van der Waals surface area contributed by atoms with Gasteiger partial charge in [-0.2, -0.15) is 0 Å². The Kier molecular flexibility index (Phi) is 6.16. The van der Waals surface area contributed by atoms with Crippen LogP contribution in [0.4, 0.5) is 0 Å². The summed E-state index contributed by atoms with van der Waals surface area (Å²) in [7, 11) is 0. The van der Waals surface area contributed by atoms with E-state index in [1.807, 2.05) is 0 Å². The molecule has 0 amide bonds. The lowest BCUT2D eigenvalue weighted by Gasteiger charge is -2.26.